The van der Waals surface area contributed by atoms with Crippen molar-refractivity contribution < 1.29 is 14.3 Å². The lowest BCUT2D eigenvalue weighted by Crippen LogP contribution is -2.12. The number of hydrogen-bond acceptors (Lipinski definition) is 6. The lowest BCUT2D eigenvalue weighted by molar-refractivity contribution is 0.102. The molecule has 27 heavy (non-hydrogen) atoms. The molecule has 0 radical (unpaired) electrons. The Morgan fingerprint density at radius 3 is 2.56 bits per heavy atom. The van der Waals surface area contributed by atoms with Gasteiger partial charge in [-0.15, -0.1) is 0 Å². The van der Waals surface area contributed by atoms with Crippen LogP contribution in [0.4, 0.5) is 5.69 Å². The molecule has 0 unspecified atom stereocenters. The van der Waals surface area contributed by atoms with Crippen LogP contribution in [-0.2, 0) is 5.75 Å². The number of nitrogens with one attached hydrogen (secondary N) is 2. The lowest BCUT2D eigenvalue weighted by atomic mass is 10.1. The van der Waals surface area contributed by atoms with Crippen LogP contribution >= 0.6 is 23.4 Å². The molecule has 1 amide bonds. The average molecular weight is 405 g/mol. The van der Waals surface area contributed by atoms with E-state index in [-0.39, 0.29) is 5.91 Å². The summed E-state index contributed by atoms with van der Waals surface area (Å²) in [5, 5.41) is 10.5. The second-order valence-electron chi connectivity index (χ2n) is 5.42. The Labute approximate surface area is 165 Å². The Bertz CT molecular complexity index is 917. The maximum atomic E-state index is 12.5. The number of carbonyl (C=O) groups is 1. The van der Waals surface area contributed by atoms with E-state index in [0.717, 1.165) is 16.5 Å². The van der Waals surface area contributed by atoms with Crippen molar-refractivity contribution in [3.8, 4) is 11.5 Å². The van der Waals surface area contributed by atoms with E-state index >= 15 is 0 Å². The summed E-state index contributed by atoms with van der Waals surface area (Å²) in [6, 6.07) is 10.6. The van der Waals surface area contributed by atoms with Crippen molar-refractivity contribution >= 4 is 35.0 Å². The van der Waals surface area contributed by atoms with E-state index in [0.29, 0.717) is 27.8 Å². The molecule has 0 aliphatic rings. The van der Waals surface area contributed by atoms with Crippen LogP contribution in [0.3, 0.4) is 0 Å². The second kappa shape index (κ2) is 8.79. The third kappa shape index (κ3) is 4.72. The van der Waals surface area contributed by atoms with Crippen LogP contribution in [-0.4, -0.2) is 35.3 Å². The number of rotatable bonds is 7. The number of benzene rings is 2. The van der Waals surface area contributed by atoms with E-state index in [1.807, 2.05) is 12.1 Å². The summed E-state index contributed by atoms with van der Waals surface area (Å²) in [6.07, 6.45) is 1.47. The smallest absolute Gasteiger partial charge is 0.255 e. The summed E-state index contributed by atoms with van der Waals surface area (Å²) in [7, 11) is 3.03. The molecule has 0 fully saturated rings. The highest BCUT2D eigenvalue weighted by Crippen LogP contribution is 2.36. The molecule has 1 heterocycles. The number of aromatic amines is 1. The van der Waals surface area contributed by atoms with Gasteiger partial charge in [-0.2, -0.15) is 5.10 Å². The number of anilines is 1. The summed E-state index contributed by atoms with van der Waals surface area (Å²) in [5.41, 5.74) is 2.06. The fourth-order valence-corrected chi connectivity index (χ4v) is 3.30. The minimum absolute atomic E-state index is 0.260. The zero-order chi connectivity index (χ0) is 19.2. The predicted molar refractivity (Wildman–Crippen MR) is 105 cm³/mol. The number of nitrogens with zero attached hydrogens (tertiary/aromatic N) is 2. The highest BCUT2D eigenvalue weighted by molar-refractivity contribution is 7.98. The van der Waals surface area contributed by atoms with E-state index in [1.165, 1.54) is 32.3 Å². The van der Waals surface area contributed by atoms with Crippen molar-refractivity contribution in [1.82, 2.24) is 15.2 Å². The van der Waals surface area contributed by atoms with Gasteiger partial charge in [0.25, 0.3) is 5.91 Å². The standard InChI is InChI=1S/C18H17ClN4O3S/c1-25-15-8-16(26-2)14(7-13(15)19)22-17(24)12-5-3-11(4-6-12)9-27-18-20-10-21-23-18/h3-8,10H,9H2,1-2H3,(H,22,24)(H,20,21,23). The van der Waals surface area contributed by atoms with Gasteiger partial charge in [0.2, 0.25) is 0 Å². The lowest BCUT2D eigenvalue weighted by Gasteiger charge is -2.13. The molecule has 2 aromatic carbocycles. The minimum Gasteiger partial charge on any atom is -0.495 e. The maximum absolute atomic E-state index is 12.5. The van der Waals surface area contributed by atoms with E-state index in [1.54, 1.807) is 24.3 Å². The fourth-order valence-electron chi connectivity index (χ4n) is 2.32. The Morgan fingerprint density at radius 2 is 1.93 bits per heavy atom. The van der Waals surface area contributed by atoms with Crippen LogP contribution in [0.5, 0.6) is 11.5 Å². The van der Waals surface area contributed by atoms with Crippen molar-refractivity contribution in [3.05, 3.63) is 58.9 Å². The molecule has 1 aromatic heterocycles. The molecule has 0 saturated heterocycles. The first-order valence-electron chi connectivity index (χ1n) is 7.90. The van der Waals surface area contributed by atoms with Crippen LogP contribution in [0.2, 0.25) is 5.02 Å². The first kappa shape index (κ1) is 19.1. The molecule has 0 aliphatic carbocycles. The monoisotopic (exact) mass is 404 g/mol. The van der Waals surface area contributed by atoms with Gasteiger partial charge in [0.05, 0.1) is 24.9 Å². The Kier molecular flexibility index (Phi) is 6.20. The number of amides is 1. The van der Waals surface area contributed by atoms with E-state index in [9.17, 15) is 4.79 Å². The van der Waals surface area contributed by atoms with E-state index in [2.05, 4.69) is 20.5 Å². The summed E-state index contributed by atoms with van der Waals surface area (Å²) < 4.78 is 10.5. The minimum atomic E-state index is -0.260. The number of hydrogen-bond donors (Lipinski definition) is 2. The zero-order valence-electron chi connectivity index (χ0n) is 14.7. The number of thioether (sulfide) groups is 1. The molecule has 0 aliphatic heterocycles. The third-order valence-electron chi connectivity index (χ3n) is 3.71. The number of halogens is 1. The number of H-pyrrole nitrogens is 1. The molecule has 3 rings (SSSR count). The molecule has 0 saturated carbocycles. The SMILES string of the molecule is COc1cc(OC)c(NC(=O)c2ccc(CSc3ncn[nH]3)cc2)cc1Cl. The van der Waals surface area contributed by atoms with Gasteiger partial charge < -0.3 is 14.8 Å². The van der Waals surface area contributed by atoms with Gasteiger partial charge in [-0.3, -0.25) is 9.89 Å². The Hall–Kier alpha value is -2.71. The maximum Gasteiger partial charge on any atom is 0.255 e. The summed E-state index contributed by atoms with van der Waals surface area (Å²) >= 11 is 7.67. The van der Waals surface area contributed by atoms with Gasteiger partial charge in [0, 0.05) is 17.4 Å². The number of ether oxygens (including phenoxy) is 2. The predicted octanol–water partition coefficient (Wildman–Crippen LogP) is 4.02. The zero-order valence-corrected chi connectivity index (χ0v) is 16.2. The third-order valence-corrected chi connectivity index (χ3v) is 4.95. The summed E-state index contributed by atoms with van der Waals surface area (Å²) in [4.78, 5) is 16.6. The Morgan fingerprint density at radius 1 is 1.19 bits per heavy atom. The highest BCUT2D eigenvalue weighted by atomic mass is 35.5. The van der Waals surface area contributed by atoms with Crippen LogP contribution in [0.15, 0.2) is 47.9 Å². The second-order valence-corrected chi connectivity index (χ2v) is 6.79. The van der Waals surface area contributed by atoms with Crippen molar-refractivity contribution in [3.63, 3.8) is 0 Å². The van der Waals surface area contributed by atoms with Gasteiger partial charge in [-0.05, 0) is 23.8 Å². The molecule has 0 atom stereocenters. The van der Waals surface area contributed by atoms with Crippen LogP contribution < -0.4 is 14.8 Å². The van der Waals surface area contributed by atoms with Gasteiger partial charge in [-0.1, -0.05) is 35.5 Å². The van der Waals surface area contributed by atoms with Crippen molar-refractivity contribution in [1.29, 1.82) is 0 Å². The number of aromatic nitrogens is 3. The van der Waals surface area contributed by atoms with Crippen LogP contribution in [0.1, 0.15) is 15.9 Å². The number of methoxy groups -OCH3 is 2. The molecule has 3 aromatic rings. The van der Waals surface area contributed by atoms with Crippen LogP contribution in [0, 0.1) is 0 Å². The topological polar surface area (TPSA) is 89.1 Å². The van der Waals surface area contributed by atoms with Crippen molar-refractivity contribution in [2.75, 3.05) is 19.5 Å². The van der Waals surface area contributed by atoms with Crippen LogP contribution in [0.25, 0.3) is 0 Å². The van der Waals surface area contributed by atoms with Gasteiger partial charge in [0.1, 0.15) is 17.8 Å². The normalized spacial score (nSPS) is 10.5. The quantitative estimate of drug-likeness (QED) is 0.578. The molecule has 140 valence electrons. The summed E-state index contributed by atoms with van der Waals surface area (Å²) in [6.45, 7) is 0. The van der Waals surface area contributed by atoms with Gasteiger partial charge in [-0.25, -0.2) is 4.98 Å². The van der Waals surface area contributed by atoms with Crippen molar-refractivity contribution in [2.45, 2.75) is 10.9 Å². The molecule has 2 N–H and O–H groups in total. The highest BCUT2D eigenvalue weighted by Gasteiger charge is 2.14. The molecule has 7 nitrogen and oxygen atoms in total. The largest absolute Gasteiger partial charge is 0.495 e. The van der Waals surface area contributed by atoms with E-state index in [4.69, 9.17) is 21.1 Å². The first-order valence-corrected chi connectivity index (χ1v) is 9.27. The van der Waals surface area contributed by atoms with Gasteiger partial charge in [0.15, 0.2) is 5.16 Å². The molecule has 0 bridgehead atoms. The number of carbonyl (C=O) groups excluding carboxylic acids is 1. The fraction of sp³-hybridized carbons (Fsp3) is 0.167. The molecular formula is C18H17ClN4O3S. The average Bonchev–Trinajstić information content (AvgIpc) is 3.20. The summed E-state index contributed by atoms with van der Waals surface area (Å²) in [5.74, 6) is 1.40. The van der Waals surface area contributed by atoms with Crippen molar-refractivity contribution in [2.24, 2.45) is 0 Å². The molecule has 9 heteroatoms. The molecular weight excluding hydrogens is 388 g/mol. The van der Waals surface area contributed by atoms with Gasteiger partial charge >= 0.3 is 0 Å². The first-order chi connectivity index (χ1) is 13.1. The van der Waals surface area contributed by atoms with E-state index < -0.39 is 0 Å². The Balaban J connectivity index is 1.68. The molecule has 0 spiro atoms.